The minimum absolute atomic E-state index is 0.159. The van der Waals surface area contributed by atoms with Crippen molar-refractivity contribution in [1.82, 2.24) is 0 Å². The zero-order valence-electron chi connectivity index (χ0n) is 58.7. The molecular formula is C104H80. The lowest BCUT2D eigenvalue weighted by Crippen LogP contribution is -2.55. The first-order valence-electron chi connectivity index (χ1n) is 39.0. The molecule has 0 N–H and O–H groups in total. The Balaban J connectivity index is 0.000000127. The Kier molecular flexibility index (Phi) is 13.1. The molecule has 10 aliphatic rings. The van der Waals surface area contributed by atoms with E-state index in [0.29, 0.717) is 0 Å². The van der Waals surface area contributed by atoms with Crippen LogP contribution in [0.3, 0.4) is 0 Å². The van der Waals surface area contributed by atoms with Gasteiger partial charge < -0.3 is 0 Å². The van der Waals surface area contributed by atoms with Crippen LogP contribution in [-0.2, 0) is 10.8 Å². The third-order valence-corrected chi connectivity index (χ3v) is 28.1. The van der Waals surface area contributed by atoms with Crippen LogP contribution in [0.4, 0.5) is 0 Å². The standard InChI is InChI=1S/2C52H40/c1-2-12-40-34(10-1)11-9-18-41(40)35-20-22-36(23-21-35)50-44-14-3-5-16-46(44)51(47-17-6-4-15-45(47)50)37-24-25-43-42-13-7-8-19-48(42)52(49(43)31-37)38-27-32-26-33(29-38)30-39(52)28-32;1-2-10-37-30-38(22-19-34(37)9-1)35-17-20-36(21-18-35)50-44-12-3-5-14-46(44)51(47-15-6-4-13-45(47)50)39-23-24-43-42-11-7-8-16-48(42)52(49(43)31-39)40-26-32-25-33(28-40)29-41(52)27-32/h1-25,31-33,38-39H,26-30H2;1-24,30-33,40-41H,25-29H2. The van der Waals surface area contributed by atoms with Crippen molar-refractivity contribution in [3.8, 4) is 89.0 Å². The smallest absolute Gasteiger partial charge is 0.0272 e. The Morgan fingerprint density at radius 1 is 0.173 bits per heavy atom. The van der Waals surface area contributed by atoms with Gasteiger partial charge in [-0.1, -0.05) is 297 Å². The van der Waals surface area contributed by atoms with E-state index < -0.39 is 0 Å². The minimum atomic E-state index is 0.159. The number of hydrogen-bond donors (Lipinski definition) is 0. The van der Waals surface area contributed by atoms with Crippen LogP contribution >= 0.6 is 0 Å². The van der Waals surface area contributed by atoms with Crippen molar-refractivity contribution in [3.05, 3.63) is 338 Å². The molecule has 16 aromatic rings. The summed E-state index contributed by atoms with van der Waals surface area (Å²) in [4.78, 5) is 0. The normalized spacial score (nSPS) is 23.8. The lowest BCUT2D eigenvalue weighted by molar-refractivity contribution is -0.0399. The third kappa shape index (κ3) is 8.55. The summed E-state index contributed by atoms with van der Waals surface area (Å²) in [6.07, 6.45) is 14.2. The first-order chi connectivity index (χ1) is 51.5. The topological polar surface area (TPSA) is 0 Å². The van der Waals surface area contributed by atoms with Crippen molar-refractivity contribution in [2.24, 2.45) is 47.3 Å². The summed E-state index contributed by atoms with van der Waals surface area (Å²) in [5.41, 5.74) is 28.5. The molecule has 496 valence electrons. The van der Waals surface area contributed by atoms with E-state index in [-0.39, 0.29) is 10.8 Å². The van der Waals surface area contributed by atoms with Crippen LogP contribution in [0.1, 0.15) is 86.5 Å². The third-order valence-electron chi connectivity index (χ3n) is 28.1. The summed E-state index contributed by atoms with van der Waals surface area (Å²) in [5.74, 6) is 6.79. The van der Waals surface area contributed by atoms with Gasteiger partial charge in [-0.25, -0.2) is 0 Å². The van der Waals surface area contributed by atoms with Gasteiger partial charge in [-0.15, -0.1) is 0 Å². The molecule has 0 amide bonds. The van der Waals surface area contributed by atoms with Crippen LogP contribution in [0, 0.1) is 47.3 Å². The summed E-state index contributed by atoms with van der Waals surface area (Å²) >= 11 is 0. The van der Waals surface area contributed by atoms with Gasteiger partial charge in [0.2, 0.25) is 0 Å². The maximum Gasteiger partial charge on any atom is 0.0272 e. The van der Waals surface area contributed by atoms with Crippen LogP contribution < -0.4 is 0 Å². The monoisotopic (exact) mass is 1330 g/mol. The predicted octanol–water partition coefficient (Wildman–Crippen LogP) is 27.7. The molecule has 0 nitrogen and oxygen atoms in total. The van der Waals surface area contributed by atoms with Gasteiger partial charge in [0.15, 0.2) is 0 Å². The average molecular weight is 1330 g/mol. The molecule has 0 aromatic heterocycles. The molecule has 8 bridgehead atoms. The molecule has 2 spiro atoms. The van der Waals surface area contributed by atoms with Crippen molar-refractivity contribution < 1.29 is 0 Å². The van der Waals surface area contributed by atoms with Crippen LogP contribution in [0.2, 0.25) is 0 Å². The van der Waals surface area contributed by atoms with Crippen LogP contribution in [-0.4, -0.2) is 0 Å². The Labute approximate surface area is 609 Å². The lowest BCUT2D eigenvalue weighted by Gasteiger charge is -2.61. The van der Waals surface area contributed by atoms with E-state index in [1.165, 1.54) is 218 Å². The molecule has 8 fully saturated rings. The quantitative estimate of drug-likeness (QED) is 0.146. The van der Waals surface area contributed by atoms with Crippen LogP contribution in [0.15, 0.2) is 315 Å². The first-order valence-corrected chi connectivity index (χ1v) is 39.0. The first kappa shape index (κ1) is 59.6. The van der Waals surface area contributed by atoms with Gasteiger partial charge in [0.1, 0.15) is 0 Å². The zero-order chi connectivity index (χ0) is 67.9. The molecular weight excluding hydrogens is 1250 g/mol. The van der Waals surface area contributed by atoms with Gasteiger partial charge in [-0.2, -0.15) is 0 Å². The van der Waals surface area contributed by atoms with Gasteiger partial charge in [-0.3, -0.25) is 0 Å². The molecule has 0 heteroatoms. The SMILES string of the molecule is c1ccc2c(c1)-c1ccc(-c3c4ccccc4c(-c4ccc(-c5ccc6ccccc6c5)cc4)c4ccccc34)cc1C21C2CC3CC(C2)CC1C3.c1ccc2c(c1)-c1ccc(-c3c4ccccc4c(-c4ccc(-c5cccc6ccccc56)cc4)c4ccccc34)cc1C21C2CC3CC(C2)CC1C3. The fourth-order valence-corrected chi connectivity index (χ4v) is 24.6. The molecule has 0 aliphatic heterocycles. The summed E-state index contributed by atoms with van der Waals surface area (Å²) < 4.78 is 0. The second kappa shape index (κ2) is 22.8. The second-order valence-corrected chi connectivity index (χ2v) is 32.9. The highest BCUT2D eigenvalue weighted by Crippen LogP contribution is 2.72. The Bertz CT molecular complexity index is 6070. The van der Waals surface area contributed by atoms with E-state index in [9.17, 15) is 0 Å². The number of fused-ring (bicyclic) bond motifs is 12. The van der Waals surface area contributed by atoms with Gasteiger partial charge in [0.25, 0.3) is 0 Å². The number of rotatable bonds is 6. The minimum Gasteiger partial charge on any atom is -0.0619 e. The van der Waals surface area contributed by atoms with Gasteiger partial charge in [0.05, 0.1) is 0 Å². The molecule has 26 rings (SSSR count). The maximum atomic E-state index is 2.67. The maximum absolute atomic E-state index is 2.67. The molecule has 0 heterocycles. The van der Waals surface area contributed by atoms with Crippen molar-refractivity contribution in [3.63, 3.8) is 0 Å². The van der Waals surface area contributed by atoms with Crippen molar-refractivity contribution >= 4 is 64.6 Å². The molecule has 8 saturated carbocycles. The Hall–Kier alpha value is -10.9. The zero-order valence-corrected chi connectivity index (χ0v) is 58.7. The van der Waals surface area contributed by atoms with E-state index in [1.54, 1.807) is 22.3 Å². The molecule has 104 heavy (non-hydrogen) atoms. The largest absolute Gasteiger partial charge is 0.0619 e. The number of benzene rings is 16. The van der Waals surface area contributed by atoms with E-state index in [0.717, 1.165) is 47.3 Å². The van der Waals surface area contributed by atoms with E-state index in [4.69, 9.17) is 0 Å². The van der Waals surface area contributed by atoms with Crippen molar-refractivity contribution in [2.75, 3.05) is 0 Å². The fourth-order valence-electron chi connectivity index (χ4n) is 24.6. The highest BCUT2D eigenvalue weighted by Gasteiger charge is 2.63. The van der Waals surface area contributed by atoms with Gasteiger partial charge in [0, 0.05) is 10.8 Å². The second-order valence-electron chi connectivity index (χ2n) is 32.9. The highest BCUT2D eigenvalue weighted by molar-refractivity contribution is 6.23. The van der Waals surface area contributed by atoms with E-state index in [1.807, 2.05) is 0 Å². The van der Waals surface area contributed by atoms with Crippen molar-refractivity contribution in [2.45, 2.75) is 75.0 Å². The molecule has 0 unspecified atom stereocenters. The summed E-state index contributed by atoms with van der Waals surface area (Å²) in [6, 6.07) is 120. The molecule has 10 aliphatic carbocycles. The van der Waals surface area contributed by atoms with Crippen LogP contribution in [0.5, 0.6) is 0 Å². The summed E-state index contributed by atoms with van der Waals surface area (Å²) in [6.45, 7) is 0. The highest BCUT2D eigenvalue weighted by atomic mass is 14.7. The average Bonchev–Trinajstić information content (AvgIpc) is 1.49. The Morgan fingerprint density at radius 2 is 0.471 bits per heavy atom. The molecule has 0 saturated heterocycles. The van der Waals surface area contributed by atoms with Gasteiger partial charge >= 0.3 is 0 Å². The van der Waals surface area contributed by atoms with Crippen LogP contribution in [0.25, 0.3) is 154 Å². The lowest BCUT2D eigenvalue weighted by atomic mass is 9.43. The van der Waals surface area contributed by atoms with Crippen molar-refractivity contribution in [1.29, 1.82) is 0 Å². The molecule has 0 atom stereocenters. The van der Waals surface area contributed by atoms with E-state index in [2.05, 4.69) is 315 Å². The number of hydrogen-bond acceptors (Lipinski definition) is 0. The predicted molar refractivity (Wildman–Crippen MR) is 437 cm³/mol. The summed E-state index contributed by atoms with van der Waals surface area (Å²) in [7, 11) is 0. The molecule has 16 aromatic carbocycles. The van der Waals surface area contributed by atoms with E-state index >= 15 is 0 Å². The fraction of sp³-hybridized carbons (Fsp3) is 0.192. The molecule has 0 radical (unpaired) electrons. The Morgan fingerprint density at radius 3 is 0.904 bits per heavy atom. The summed E-state index contributed by atoms with van der Waals surface area (Å²) in [5, 5.41) is 15.8. The van der Waals surface area contributed by atoms with Gasteiger partial charge in [-0.05, 0) is 306 Å².